The van der Waals surface area contributed by atoms with Crippen LogP contribution in [-0.2, 0) is 9.53 Å². The Kier molecular flexibility index (Phi) is 6.27. The van der Waals surface area contributed by atoms with Crippen LogP contribution in [0.2, 0.25) is 0 Å². The quantitative estimate of drug-likeness (QED) is 0.789. The zero-order chi connectivity index (χ0) is 15.8. The second-order valence-corrected chi connectivity index (χ2v) is 5.77. The van der Waals surface area contributed by atoms with Gasteiger partial charge in [-0.2, -0.15) is 5.26 Å². The molecule has 22 heavy (non-hydrogen) atoms. The fourth-order valence-corrected chi connectivity index (χ4v) is 2.70. The summed E-state index contributed by atoms with van der Waals surface area (Å²) in [4.78, 5) is 12.2. The first-order valence-electron chi connectivity index (χ1n) is 8.07. The number of ether oxygens (including phenoxy) is 2. The second kappa shape index (κ2) is 8.43. The molecule has 1 atom stereocenters. The van der Waals surface area contributed by atoms with Gasteiger partial charge in [-0.1, -0.05) is 31.4 Å². The third-order valence-electron chi connectivity index (χ3n) is 3.98. The number of hydrogen-bond donors (Lipinski definition) is 0. The first-order chi connectivity index (χ1) is 10.7. The molecule has 0 spiro atoms. The van der Waals surface area contributed by atoms with Crippen molar-refractivity contribution in [1.82, 2.24) is 0 Å². The zero-order valence-corrected chi connectivity index (χ0v) is 13.1. The highest BCUT2D eigenvalue weighted by Crippen LogP contribution is 2.22. The van der Waals surface area contributed by atoms with Gasteiger partial charge in [0.15, 0.2) is 6.10 Å². The predicted molar refractivity (Wildman–Crippen MR) is 83.4 cm³/mol. The number of nitrogens with zero attached hydrogens (tertiary/aromatic N) is 1. The Balaban J connectivity index is 1.90. The molecule has 2 rings (SSSR count). The maximum Gasteiger partial charge on any atom is 0.347 e. The average molecular weight is 301 g/mol. The van der Waals surface area contributed by atoms with Crippen LogP contribution in [0.3, 0.4) is 0 Å². The van der Waals surface area contributed by atoms with Crippen LogP contribution in [0.15, 0.2) is 24.3 Å². The molecule has 1 aliphatic carbocycles. The van der Waals surface area contributed by atoms with Gasteiger partial charge in [0, 0.05) is 0 Å². The van der Waals surface area contributed by atoms with E-state index in [4.69, 9.17) is 14.7 Å². The number of esters is 1. The van der Waals surface area contributed by atoms with Crippen molar-refractivity contribution in [3.05, 3.63) is 29.8 Å². The number of rotatable bonds is 4. The molecule has 0 aromatic heterocycles. The van der Waals surface area contributed by atoms with Gasteiger partial charge in [0.2, 0.25) is 0 Å². The third kappa shape index (κ3) is 4.77. The molecule has 0 N–H and O–H groups in total. The molecule has 1 saturated carbocycles. The molecular formula is C18H23NO3. The van der Waals surface area contributed by atoms with Gasteiger partial charge in [0.05, 0.1) is 5.56 Å². The number of carbonyl (C=O) groups excluding carboxylic acids is 1. The van der Waals surface area contributed by atoms with Crippen molar-refractivity contribution < 1.29 is 14.3 Å². The third-order valence-corrected chi connectivity index (χ3v) is 3.98. The zero-order valence-electron chi connectivity index (χ0n) is 13.1. The van der Waals surface area contributed by atoms with Crippen LogP contribution in [0.5, 0.6) is 5.75 Å². The van der Waals surface area contributed by atoms with E-state index in [1.54, 1.807) is 31.2 Å². The topological polar surface area (TPSA) is 59.3 Å². The lowest BCUT2D eigenvalue weighted by Gasteiger charge is -2.22. The number of carbonyl (C=O) groups is 1. The highest BCUT2D eigenvalue weighted by Gasteiger charge is 2.22. The van der Waals surface area contributed by atoms with E-state index in [-0.39, 0.29) is 12.1 Å². The maximum atomic E-state index is 12.2. The molecule has 0 amide bonds. The summed E-state index contributed by atoms with van der Waals surface area (Å²) in [6, 6.07) is 8.97. The lowest BCUT2D eigenvalue weighted by molar-refractivity contribution is -0.157. The number of hydrogen-bond acceptors (Lipinski definition) is 4. The van der Waals surface area contributed by atoms with Crippen molar-refractivity contribution in [2.75, 3.05) is 0 Å². The summed E-state index contributed by atoms with van der Waals surface area (Å²) in [6.45, 7) is 1.67. The van der Waals surface area contributed by atoms with Crippen LogP contribution in [0, 0.1) is 11.3 Å². The molecule has 118 valence electrons. The second-order valence-electron chi connectivity index (χ2n) is 5.77. The highest BCUT2D eigenvalue weighted by atomic mass is 16.6. The van der Waals surface area contributed by atoms with E-state index >= 15 is 0 Å². The molecule has 1 aromatic rings. The summed E-state index contributed by atoms with van der Waals surface area (Å²) >= 11 is 0. The number of para-hydroxylation sites is 1. The smallest absolute Gasteiger partial charge is 0.347 e. The lowest BCUT2D eigenvalue weighted by Crippen LogP contribution is -2.30. The van der Waals surface area contributed by atoms with E-state index < -0.39 is 6.10 Å². The summed E-state index contributed by atoms with van der Waals surface area (Å²) in [5.41, 5.74) is 0.424. The first kappa shape index (κ1) is 16.4. The normalized spacial score (nSPS) is 17.6. The van der Waals surface area contributed by atoms with E-state index in [9.17, 15) is 4.79 Å². The minimum Gasteiger partial charge on any atom is -0.478 e. The van der Waals surface area contributed by atoms with Crippen molar-refractivity contribution in [3.8, 4) is 11.8 Å². The van der Waals surface area contributed by atoms with Crippen LogP contribution in [0.4, 0.5) is 0 Å². The summed E-state index contributed by atoms with van der Waals surface area (Å²) < 4.78 is 11.2. The van der Waals surface area contributed by atoms with Crippen LogP contribution >= 0.6 is 0 Å². The molecule has 1 aliphatic rings. The van der Waals surface area contributed by atoms with Crippen LogP contribution in [0.25, 0.3) is 0 Å². The Labute approximate surface area is 132 Å². The van der Waals surface area contributed by atoms with Gasteiger partial charge >= 0.3 is 5.97 Å². The van der Waals surface area contributed by atoms with Gasteiger partial charge in [-0.05, 0) is 44.7 Å². The Morgan fingerprint density at radius 1 is 1.18 bits per heavy atom. The maximum absolute atomic E-state index is 12.2. The number of nitriles is 1. The molecule has 1 fully saturated rings. The Bertz CT molecular complexity index is 527. The van der Waals surface area contributed by atoms with Crippen LogP contribution in [0.1, 0.15) is 57.4 Å². The van der Waals surface area contributed by atoms with Crippen LogP contribution in [-0.4, -0.2) is 18.2 Å². The Morgan fingerprint density at radius 3 is 2.50 bits per heavy atom. The van der Waals surface area contributed by atoms with Crippen molar-refractivity contribution in [1.29, 1.82) is 5.26 Å². The van der Waals surface area contributed by atoms with Gasteiger partial charge in [0.25, 0.3) is 0 Å². The van der Waals surface area contributed by atoms with E-state index in [1.807, 2.05) is 0 Å². The van der Waals surface area contributed by atoms with Gasteiger partial charge in [-0.3, -0.25) is 0 Å². The highest BCUT2D eigenvalue weighted by molar-refractivity contribution is 5.75. The molecule has 0 radical (unpaired) electrons. The number of benzene rings is 1. The van der Waals surface area contributed by atoms with Gasteiger partial charge in [-0.25, -0.2) is 4.79 Å². The van der Waals surface area contributed by atoms with Gasteiger partial charge in [0.1, 0.15) is 17.9 Å². The van der Waals surface area contributed by atoms with E-state index in [1.165, 1.54) is 19.3 Å². The molecule has 0 bridgehead atoms. The van der Waals surface area contributed by atoms with Gasteiger partial charge < -0.3 is 9.47 Å². The summed E-state index contributed by atoms with van der Waals surface area (Å²) in [5, 5.41) is 9.04. The molecule has 4 nitrogen and oxygen atoms in total. The Morgan fingerprint density at radius 2 is 1.82 bits per heavy atom. The summed E-state index contributed by atoms with van der Waals surface area (Å²) in [6.07, 6.45) is 7.12. The largest absolute Gasteiger partial charge is 0.478 e. The van der Waals surface area contributed by atoms with E-state index in [2.05, 4.69) is 6.07 Å². The lowest BCUT2D eigenvalue weighted by atomic mass is 9.98. The minimum atomic E-state index is -0.708. The predicted octanol–water partition coefficient (Wildman–Crippen LogP) is 3.98. The van der Waals surface area contributed by atoms with Crippen molar-refractivity contribution in [3.63, 3.8) is 0 Å². The van der Waals surface area contributed by atoms with Crippen molar-refractivity contribution >= 4 is 5.97 Å². The molecular weight excluding hydrogens is 278 g/mol. The Hall–Kier alpha value is -2.02. The van der Waals surface area contributed by atoms with Crippen molar-refractivity contribution in [2.24, 2.45) is 0 Å². The minimum absolute atomic E-state index is 0.00469. The monoisotopic (exact) mass is 301 g/mol. The molecule has 1 aromatic carbocycles. The fourth-order valence-electron chi connectivity index (χ4n) is 2.70. The SMILES string of the molecule is CC(Oc1ccccc1C#N)C(=O)OC1CCCCCCC1. The summed E-state index contributed by atoms with van der Waals surface area (Å²) in [5.74, 6) is 0.0745. The first-order valence-corrected chi connectivity index (χ1v) is 8.07. The average Bonchev–Trinajstić information content (AvgIpc) is 2.50. The molecule has 0 heterocycles. The fraction of sp³-hybridized carbons (Fsp3) is 0.556. The molecule has 1 unspecified atom stereocenters. The standard InChI is InChI=1S/C18H23NO3/c1-14(21-17-12-8-7-9-15(17)13-19)18(20)22-16-10-5-3-2-4-6-11-16/h7-9,12,14,16H,2-6,10-11H2,1H3. The van der Waals surface area contributed by atoms with Crippen molar-refractivity contribution in [2.45, 2.75) is 64.1 Å². The van der Waals surface area contributed by atoms with Gasteiger partial charge in [-0.15, -0.1) is 0 Å². The van der Waals surface area contributed by atoms with Crippen LogP contribution < -0.4 is 4.74 Å². The van der Waals surface area contributed by atoms with E-state index in [0.29, 0.717) is 11.3 Å². The summed E-state index contributed by atoms with van der Waals surface area (Å²) in [7, 11) is 0. The molecule has 0 saturated heterocycles. The molecule has 0 aliphatic heterocycles. The van der Waals surface area contributed by atoms with E-state index in [0.717, 1.165) is 25.7 Å². The molecule has 4 heteroatoms.